The molecule has 0 aromatic rings. The molecule has 0 fully saturated rings. The number of carbonyl (C=O) groups is 2. The van der Waals surface area contributed by atoms with E-state index in [9.17, 15) is 9.59 Å². The van der Waals surface area contributed by atoms with Crippen LogP contribution in [0.5, 0.6) is 0 Å². The van der Waals surface area contributed by atoms with E-state index in [1.165, 1.54) is 0 Å². The van der Waals surface area contributed by atoms with Gasteiger partial charge in [0.2, 0.25) is 0 Å². The third-order valence-electron chi connectivity index (χ3n) is 3.23. The van der Waals surface area contributed by atoms with E-state index >= 15 is 0 Å². The van der Waals surface area contributed by atoms with Crippen molar-refractivity contribution in [1.82, 2.24) is 0 Å². The van der Waals surface area contributed by atoms with E-state index in [2.05, 4.69) is 13.8 Å². The van der Waals surface area contributed by atoms with E-state index in [1.807, 2.05) is 13.8 Å². The van der Waals surface area contributed by atoms with Gasteiger partial charge in [-0.2, -0.15) is 0 Å². The zero-order valence-corrected chi connectivity index (χ0v) is 20.8. The third-order valence-corrected chi connectivity index (χ3v) is 19.1. The van der Waals surface area contributed by atoms with Crippen molar-refractivity contribution in [3.63, 3.8) is 0 Å². The molecule has 0 aromatic carbocycles. The Hall–Kier alpha value is 0.497. The van der Waals surface area contributed by atoms with Crippen molar-refractivity contribution in [1.29, 1.82) is 0 Å². The number of rotatable bonds is 14. The summed E-state index contributed by atoms with van der Waals surface area (Å²) in [4.78, 5) is 23.6. The number of carbonyl (C=O) groups excluding carboxylic acids is 2. The summed E-state index contributed by atoms with van der Waals surface area (Å²) in [5.74, 6) is -0.273. The van der Waals surface area contributed by atoms with Gasteiger partial charge in [-0.3, -0.25) is 0 Å². The van der Waals surface area contributed by atoms with E-state index in [-0.39, 0.29) is 11.9 Å². The molecule has 0 saturated heterocycles. The second-order valence-corrected chi connectivity index (χ2v) is 19.4. The predicted molar refractivity (Wildman–Crippen MR) is 94.0 cm³/mol. The quantitative estimate of drug-likeness (QED) is 0.243. The Kier molecular flexibility index (Phi) is 16.3. The molecule has 0 N–H and O–H groups in total. The molecule has 0 rings (SSSR count). The van der Waals surface area contributed by atoms with E-state index in [4.69, 9.17) is 7.56 Å². The Balaban J connectivity index is 4.17. The van der Waals surface area contributed by atoms with Crippen LogP contribution in [0.4, 0.5) is 0 Å². The van der Waals surface area contributed by atoms with Crippen molar-refractivity contribution >= 4 is 53.1 Å². The van der Waals surface area contributed by atoms with Crippen LogP contribution in [0.2, 0.25) is 8.87 Å². The van der Waals surface area contributed by atoms with Crippen molar-refractivity contribution in [3.8, 4) is 0 Å². The van der Waals surface area contributed by atoms with Crippen LogP contribution in [-0.2, 0) is 17.1 Å². The molecule has 0 aliphatic carbocycles. The van der Waals surface area contributed by atoms with Gasteiger partial charge in [0.15, 0.2) is 0 Å². The van der Waals surface area contributed by atoms with Gasteiger partial charge in [-0.25, -0.2) is 0 Å². The maximum absolute atomic E-state index is 11.8. The molecule has 7 heteroatoms. The fourth-order valence-corrected chi connectivity index (χ4v) is 18.5. The van der Waals surface area contributed by atoms with Gasteiger partial charge in [-0.15, -0.1) is 0 Å². The second-order valence-electron chi connectivity index (χ2n) is 5.42. The summed E-state index contributed by atoms with van der Waals surface area (Å²) < 4.78 is 18.7. The Labute approximate surface area is 157 Å². The number of unbranched alkanes of at least 4 members (excludes halogenated alkanes) is 4. The van der Waals surface area contributed by atoms with Gasteiger partial charge in [-0.05, 0) is 0 Å². The standard InChI is InChI=1S/2C6H12O2.2C2H5.O.2Sn/c2*1-2-3-4-5-6(7)8;2*1-2;;;/h2*2-5H2,1H3,(H,7,8);2*1H2,2H3;;;/q;;;;;2*+1/p-2. The summed E-state index contributed by atoms with van der Waals surface area (Å²) in [5.41, 5.74) is 0. The molecule has 0 atom stereocenters. The second kappa shape index (κ2) is 16.0. The predicted octanol–water partition coefficient (Wildman–Crippen LogP) is 4.27. The van der Waals surface area contributed by atoms with Gasteiger partial charge in [0.1, 0.15) is 0 Å². The zero-order valence-electron chi connectivity index (χ0n) is 15.1. The molecule has 0 amide bonds. The summed E-state index contributed by atoms with van der Waals surface area (Å²) in [6, 6.07) is 0. The molecule has 134 valence electrons. The number of hydrogen-bond acceptors (Lipinski definition) is 5. The van der Waals surface area contributed by atoms with Crippen molar-refractivity contribution in [2.75, 3.05) is 0 Å². The van der Waals surface area contributed by atoms with Gasteiger partial charge < -0.3 is 0 Å². The van der Waals surface area contributed by atoms with Crippen LogP contribution < -0.4 is 0 Å². The van der Waals surface area contributed by atoms with Crippen LogP contribution in [0.25, 0.3) is 0 Å². The Bertz CT molecular complexity index is 296. The van der Waals surface area contributed by atoms with Crippen LogP contribution in [0.15, 0.2) is 0 Å². The first-order valence-electron chi connectivity index (χ1n) is 8.88. The molecule has 0 bridgehead atoms. The minimum absolute atomic E-state index is 0.136. The van der Waals surface area contributed by atoms with Crippen molar-refractivity contribution in [2.24, 2.45) is 0 Å². The van der Waals surface area contributed by atoms with E-state index in [0.29, 0.717) is 12.8 Å². The summed E-state index contributed by atoms with van der Waals surface area (Å²) in [7, 11) is 0. The summed E-state index contributed by atoms with van der Waals surface area (Å²) in [5, 5.41) is 0. The first-order chi connectivity index (χ1) is 11.1. The average Bonchev–Trinajstić information content (AvgIpc) is 2.53. The number of hydrogen-bond donors (Lipinski definition) is 0. The molecule has 0 aromatic heterocycles. The monoisotopic (exact) mass is 544 g/mol. The average molecular weight is 542 g/mol. The molecule has 0 spiro atoms. The van der Waals surface area contributed by atoms with Crippen LogP contribution in [0, 0.1) is 0 Å². The SMILES string of the molecule is CCCCCC(=O)[O][Sn]([CH2]C)[O][Sn]([CH2]C)[O]C(=O)CCCCC. The van der Waals surface area contributed by atoms with E-state index in [1.54, 1.807) is 0 Å². The molecule has 5 nitrogen and oxygen atoms in total. The molecule has 0 aliphatic rings. The van der Waals surface area contributed by atoms with Crippen LogP contribution in [0.3, 0.4) is 0 Å². The Morgan fingerprint density at radius 2 is 1.09 bits per heavy atom. The van der Waals surface area contributed by atoms with Crippen molar-refractivity contribution < 1.29 is 17.1 Å². The first kappa shape index (κ1) is 23.5. The van der Waals surface area contributed by atoms with Gasteiger partial charge in [-0.1, -0.05) is 0 Å². The fourth-order valence-electron chi connectivity index (χ4n) is 1.85. The third kappa shape index (κ3) is 13.5. The summed E-state index contributed by atoms with van der Waals surface area (Å²) in [6.45, 7) is 8.20. The Morgan fingerprint density at radius 3 is 1.39 bits per heavy atom. The topological polar surface area (TPSA) is 61.8 Å². The zero-order chi connectivity index (χ0) is 17.5. The van der Waals surface area contributed by atoms with Crippen molar-refractivity contribution in [3.05, 3.63) is 0 Å². The van der Waals surface area contributed by atoms with Gasteiger partial charge in [0, 0.05) is 0 Å². The minimum atomic E-state index is -2.64. The molecule has 0 aliphatic heterocycles. The molecule has 23 heavy (non-hydrogen) atoms. The van der Waals surface area contributed by atoms with E-state index in [0.717, 1.165) is 47.4 Å². The maximum atomic E-state index is 11.8. The van der Waals surface area contributed by atoms with Crippen molar-refractivity contribution in [2.45, 2.75) is 87.9 Å². The molecule has 0 saturated carbocycles. The summed E-state index contributed by atoms with van der Waals surface area (Å²) in [6.07, 6.45) is 6.97. The molecular formula is C16H32O5Sn2. The van der Waals surface area contributed by atoms with Crippen LogP contribution >= 0.6 is 0 Å². The molecule has 0 heterocycles. The normalized spacial score (nSPS) is 11.0. The van der Waals surface area contributed by atoms with Gasteiger partial charge in [0.25, 0.3) is 0 Å². The van der Waals surface area contributed by atoms with Gasteiger partial charge in [0.05, 0.1) is 0 Å². The fraction of sp³-hybridized carbons (Fsp3) is 0.875. The Morgan fingerprint density at radius 1 is 0.696 bits per heavy atom. The first-order valence-corrected chi connectivity index (χ1v) is 17.6. The van der Waals surface area contributed by atoms with Crippen LogP contribution in [-0.4, -0.2) is 53.1 Å². The van der Waals surface area contributed by atoms with Gasteiger partial charge >= 0.3 is 158 Å². The molecule has 2 radical (unpaired) electrons. The molecule has 0 unspecified atom stereocenters. The van der Waals surface area contributed by atoms with E-state index < -0.39 is 41.2 Å². The molecular weight excluding hydrogens is 510 g/mol. The summed E-state index contributed by atoms with van der Waals surface area (Å²) >= 11 is -5.27. The van der Waals surface area contributed by atoms with Crippen LogP contribution in [0.1, 0.15) is 79.1 Å².